The summed E-state index contributed by atoms with van der Waals surface area (Å²) >= 11 is 0. The number of carbonyl (C=O) groups is 5. The van der Waals surface area contributed by atoms with E-state index in [-0.39, 0.29) is 24.2 Å². The predicted molar refractivity (Wildman–Crippen MR) is 153 cm³/mol. The van der Waals surface area contributed by atoms with Crippen LogP contribution in [0.2, 0.25) is 0 Å². The number of ketones is 4. The Morgan fingerprint density at radius 1 is 1.09 bits per heavy atom. The molecule has 1 aromatic carbocycles. The molecule has 2 saturated carbocycles. The van der Waals surface area contributed by atoms with Crippen molar-refractivity contribution in [3.05, 3.63) is 41.3 Å². The van der Waals surface area contributed by atoms with Crippen LogP contribution in [0.25, 0.3) is 11.1 Å². The number of hydrogen-bond donors (Lipinski definition) is 3. The number of nitrogens with zero attached hydrogens (tertiary/aromatic N) is 2. The molecule has 6 rings (SSSR count). The van der Waals surface area contributed by atoms with Crippen molar-refractivity contribution in [1.82, 2.24) is 9.80 Å². The van der Waals surface area contributed by atoms with Crippen LogP contribution in [0.4, 0.5) is 0 Å². The topological polar surface area (TPSA) is 171 Å². The second kappa shape index (κ2) is 10.5. The lowest BCUT2D eigenvalue weighted by Crippen LogP contribution is -2.74. The normalized spacial score (nSPS) is 31.6. The zero-order valence-corrected chi connectivity index (χ0v) is 24.5. The van der Waals surface area contributed by atoms with Gasteiger partial charge in [-0.3, -0.25) is 33.8 Å². The Balaban J connectivity index is 1.41. The summed E-state index contributed by atoms with van der Waals surface area (Å²) in [6.07, 6.45) is 4.00. The summed E-state index contributed by atoms with van der Waals surface area (Å²) in [5, 5.41) is 22.6. The molecule has 2 aromatic rings. The standard InChI is InChI=1S/C32H37N3O8/c1-15-6-9-35(10-7-15)14-22-18(8-11-43-22)17-4-5-21(36)24-19(17)12-16-13-20-26(34(2)3)28(38)25(31(33)41)30(40)32(20,42)29(39)23(16)27(24)37/h4-5,8,11,15-16,20,23,25-26,36,42H,6-7,9-10,12-14H2,1-3H3,(H2,33,41)/t16-,20-,23?,25?,26-,32-/m0/s1. The molecule has 11 heteroatoms. The van der Waals surface area contributed by atoms with Crippen LogP contribution in [0.5, 0.6) is 5.75 Å². The highest BCUT2D eigenvalue weighted by atomic mass is 16.3. The molecule has 228 valence electrons. The van der Waals surface area contributed by atoms with Gasteiger partial charge in [0.15, 0.2) is 34.7 Å². The third kappa shape index (κ3) is 4.39. The predicted octanol–water partition coefficient (Wildman–Crippen LogP) is 1.36. The fourth-order valence-electron chi connectivity index (χ4n) is 7.98. The van der Waals surface area contributed by atoms with E-state index >= 15 is 0 Å². The smallest absolute Gasteiger partial charge is 0.235 e. The van der Waals surface area contributed by atoms with Gasteiger partial charge < -0.3 is 20.4 Å². The fourth-order valence-corrected chi connectivity index (χ4v) is 7.98. The summed E-state index contributed by atoms with van der Waals surface area (Å²) in [7, 11) is 3.13. The number of fused-ring (bicyclic) bond motifs is 3. The maximum atomic E-state index is 14.1. The third-order valence-corrected chi connectivity index (χ3v) is 10.2. The van der Waals surface area contributed by atoms with Gasteiger partial charge in [0.1, 0.15) is 11.5 Å². The summed E-state index contributed by atoms with van der Waals surface area (Å²) in [6, 6.07) is 3.84. The number of phenols is 1. The van der Waals surface area contributed by atoms with Gasteiger partial charge in [0.05, 0.1) is 30.3 Å². The second-order valence-corrected chi connectivity index (χ2v) is 13.0. The number of Topliss-reactive ketones (excluding diaryl/α,β-unsaturated/α-hetero) is 4. The number of hydrogen-bond acceptors (Lipinski definition) is 10. The average molecular weight is 592 g/mol. The number of aliphatic hydroxyl groups is 1. The number of nitrogens with two attached hydrogens (primary N) is 1. The van der Waals surface area contributed by atoms with E-state index in [0.29, 0.717) is 23.6 Å². The number of likely N-dealkylation sites (tertiary alicyclic amines) is 1. The fraction of sp³-hybridized carbons (Fsp3) is 0.531. The van der Waals surface area contributed by atoms with E-state index in [2.05, 4.69) is 11.8 Å². The molecule has 43 heavy (non-hydrogen) atoms. The summed E-state index contributed by atoms with van der Waals surface area (Å²) < 4.78 is 5.90. The highest BCUT2D eigenvalue weighted by molar-refractivity contribution is 6.32. The quantitative estimate of drug-likeness (QED) is 0.431. The molecule has 3 aliphatic carbocycles. The summed E-state index contributed by atoms with van der Waals surface area (Å²) in [5.41, 5.74) is 4.67. The minimum Gasteiger partial charge on any atom is -0.507 e. The lowest BCUT2D eigenvalue weighted by Gasteiger charge is -2.52. The van der Waals surface area contributed by atoms with Crippen molar-refractivity contribution in [2.45, 2.75) is 50.8 Å². The van der Waals surface area contributed by atoms with E-state index in [1.807, 2.05) is 6.07 Å². The molecule has 0 spiro atoms. The van der Waals surface area contributed by atoms with Gasteiger partial charge in [-0.05, 0) is 88.0 Å². The zero-order valence-electron chi connectivity index (χ0n) is 24.5. The number of benzene rings is 1. The molecule has 2 heterocycles. The Hall–Kier alpha value is -3.67. The van der Waals surface area contributed by atoms with E-state index in [4.69, 9.17) is 10.2 Å². The van der Waals surface area contributed by atoms with Crippen LogP contribution in [0.15, 0.2) is 28.9 Å². The van der Waals surface area contributed by atoms with Gasteiger partial charge in [-0.15, -0.1) is 0 Å². The molecule has 4 aliphatic rings. The Morgan fingerprint density at radius 2 is 1.79 bits per heavy atom. The number of amides is 1. The van der Waals surface area contributed by atoms with Crippen LogP contribution in [-0.4, -0.2) is 87.9 Å². The van der Waals surface area contributed by atoms with Crippen molar-refractivity contribution in [3.8, 4) is 16.9 Å². The minimum atomic E-state index is -2.74. The zero-order chi connectivity index (χ0) is 31.0. The summed E-state index contributed by atoms with van der Waals surface area (Å²) in [4.78, 5) is 70.8. The Kier molecular flexibility index (Phi) is 7.18. The van der Waals surface area contributed by atoms with Gasteiger partial charge in [0.25, 0.3) is 0 Å². The van der Waals surface area contributed by atoms with Crippen molar-refractivity contribution < 1.29 is 38.6 Å². The molecule has 1 aliphatic heterocycles. The molecule has 11 nitrogen and oxygen atoms in total. The van der Waals surface area contributed by atoms with Crippen LogP contribution in [0.1, 0.15) is 47.9 Å². The van der Waals surface area contributed by atoms with Crippen molar-refractivity contribution in [1.29, 1.82) is 0 Å². The molecule has 1 amide bonds. The Bertz CT molecular complexity index is 1540. The van der Waals surface area contributed by atoms with Gasteiger partial charge >= 0.3 is 0 Å². The van der Waals surface area contributed by atoms with Gasteiger partial charge in [-0.2, -0.15) is 0 Å². The van der Waals surface area contributed by atoms with E-state index in [9.17, 15) is 34.2 Å². The maximum Gasteiger partial charge on any atom is 0.235 e. The molecular weight excluding hydrogens is 554 g/mol. The number of aromatic hydroxyl groups is 1. The SMILES string of the molecule is CC1CCN(Cc2occc2-c2ccc(O)c3c2C[C@H]2C[C@H]4[C@H](N(C)C)C(=O)C(C(N)=O)C(=O)[C@@]4(O)C(=O)C2C3=O)CC1. The molecule has 1 saturated heterocycles. The van der Waals surface area contributed by atoms with E-state index in [1.54, 1.807) is 26.4 Å². The van der Waals surface area contributed by atoms with Crippen molar-refractivity contribution in [3.63, 3.8) is 0 Å². The first-order valence-corrected chi connectivity index (χ1v) is 14.8. The monoisotopic (exact) mass is 591 g/mol. The first-order chi connectivity index (χ1) is 20.4. The van der Waals surface area contributed by atoms with Gasteiger partial charge in [-0.25, -0.2) is 0 Å². The summed E-state index contributed by atoms with van der Waals surface area (Å²) in [6.45, 7) is 4.74. The first-order valence-electron chi connectivity index (χ1n) is 14.8. The highest BCUT2D eigenvalue weighted by Gasteiger charge is 2.69. The number of furan rings is 1. The molecule has 6 atom stereocenters. The molecular formula is C32H37N3O8. The molecule has 2 unspecified atom stereocenters. The van der Waals surface area contributed by atoms with E-state index in [1.165, 1.54) is 11.0 Å². The van der Waals surface area contributed by atoms with Crippen LogP contribution in [0, 0.1) is 29.6 Å². The third-order valence-electron chi connectivity index (χ3n) is 10.2. The Labute approximate surface area is 249 Å². The van der Waals surface area contributed by atoms with Crippen LogP contribution < -0.4 is 5.73 Å². The number of carbonyl (C=O) groups excluding carboxylic acids is 5. The highest BCUT2D eigenvalue weighted by Crippen LogP contribution is 2.52. The van der Waals surface area contributed by atoms with E-state index in [0.717, 1.165) is 37.3 Å². The molecule has 3 fully saturated rings. The first kappa shape index (κ1) is 29.4. The van der Waals surface area contributed by atoms with Crippen LogP contribution in [-0.2, 0) is 32.1 Å². The van der Waals surface area contributed by atoms with E-state index < -0.39 is 64.4 Å². The lowest BCUT2D eigenvalue weighted by molar-refractivity contribution is -0.181. The molecule has 0 radical (unpaired) electrons. The van der Waals surface area contributed by atoms with Crippen LogP contribution >= 0.6 is 0 Å². The molecule has 4 N–H and O–H groups in total. The van der Waals surface area contributed by atoms with Gasteiger partial charge in [0, 0.05) is 11.5 Å². The van der Waals surface area contributed by atoms with Gasteiger partial charge in [-0.1, -0.05) is 13.0 Å². The van der Waals surface area contributed by atoms with Crippen molar-refractivity contribution in [2.75, 3.05) is 27.2 Å². The van der Waals surface area contributed by atoms with Crippen molar-refractivity contribution >= 4 is 29.0 Å². The number of phenolic OH excluding ortho intramolecular Hbond substituents is 1. The summed E-state index contributed by atoms with van der Waals surface area (Å²) in [5.74, 6) is -9.17. The average Bonchev–Trinajstić information content (AvgIpc) is 3.39. The molecule has 0 bridgehead atoms. The number of rotatable bonds is 5. The second-order valence-electron chi connectivity index (χ2n) is 13.0. The lowest BCUT2D eigenvalue weighted by atomic mass is 9.52. The number of piperidine rings is 1. The number of primary amides is 1. The largest absolute Gasteiger partial charge is 0.507 e. The maximum absolute atomic E-state index is 14.1. The van der Waals surface area contributed by atoms with Crippen LogP contribution in [0.3, 0.4) is 0 Å². The van der Waals surface area contributed by atoms with Crippen molar-refractivity contribution in [2.24, 2.45) is 35.3 Å². The molecule has 1 aromatic heterocycles. The minimum absolute atomic E-state index is 0.00317. The number of likely N-dealkylation sites (N-methyl/N-ethyl adjacent to an activating group) is 1. The Morgan fingerprint density at radius 3 is 2.44 bits per heavy atom. The van der Waals surface area contributed by atoms with Gasteiger partial charge in [0.2, 0.25) is 5.91 Å².